The zero-order valence-electron chi connectivity index (χ0n) is 18.3. The second-order valence-electron chi connectivity index (χ2n) is 8.33. The van der Waals surface area contributed by atoms with Gasteiger partial charge in [0, 0.05) is 22.3 Å². The van der Waals surface area contributed by atoms with Gasteiger partial charge in [0.25, 0.3) is 5.91 Å². The number of hydrogen-bond donors (Lipinski definition) is 2. The van der Waals surface area contributed by atoms with Crippen LogP contribution in [0.4, 0.5) is 5.95 Å². The first-order chi connectivity index (χ1) is 16.9. The molecule has 1 amide bonds. The van der Waals surface area contributed by atoms with Gasteiger partial charge in [0.05, 0.1) is 22.6 Å². The number of imidazole rings is 1. The maximum absolute atomic E-state index is 13.7. The number of benzene rings is 2. The van der Waals surface area contributed by atoms with Gasteiger partial charge in [-0.3, -0.25) is 19.5 Å². The Morgan fingerprint density at radius 1 is 1.17 bits per heavy atom. The molecule has 2 aromatic carbocycles. The van der Waals surface area contributed by atoms with Gasteiger partial charge >= 0.3 is 0 Å². The van der Waals surface area contributed by atoms with Crippen molar-refractivity contribution in [2.75, 3.05) is 4.90 Å². The second kappa shape index (κ2) is 7.92. The standard InChI is InChI=1S/C26H17BrN4O4/c1-13-4-6-17-18(9-13)30-26(29-17)31-22(14-3-2-8-28-12-14)21(24(33)25(31)34)23(32)20-11-15-10-16(27)5-7-19(15)35-20/h2-12,22,33H,1H3,(H,29,30). The molecule has 1 aliphatic heterocycles. The van der Waals surface area contributed by atoms with E-state index in [4.69, 9.17) is 4.42 Å². The number of aliphatic hydroxyl groups excluding tert-OH is 1. The normalized spacial score (nSPS) is 16.1. The SMILES string of the molecule is Cc1ccc2nc(N3C(=O)C(O)=C(C(=O)c4cc5cc(Br)ccc5o4)C3c3cccnc3)[nH]c2c1. The molecule has 2 N–H and O–H groups in total. The fraction of sp³-hybridized carbons (Fsp3) is 0.0769. The van der Waals surface area contributed by atoms with Crippen LogP contribution in [0, 0.1) is 6.92 Å². The molecule has 0 aliphatic carbocycles. The van der Waals surface area contributed by atoms with Gasteiger partial charge in [0.15, 0.2) is 11.5 Å². The highest BCUT2D eigenvalue weighted by atomic mass is 79.9. The number of anilines is 1. The second-order valence-corrected chi connectivity index (χ2v) is 9.24. The monoisotopic (exact) mass is 528 g/mol. The Kier molecular flexibility index (Phi) is 4.82. The number of amides is 1. The third kappa shape index (κ3) is 3.43. The number of aryl methyl sites for hydroxylation is 1. The molecule has 0 bridgehead atoms. The smallest absolute Gasteiger partial charge is 0.296 e. The summed E-state index contributed by atoms with van der Waals surface area (Å²) >= 11 is 3.41. The predicted octanol–water partition coefficient (Wildman–Crippen LogP) is 5.56. The molecule has 0 radical (unpaired) electrons. The van der Waals surface area contributed by atoms with E-state index in [-0.39, 0.29) is 17.3 Å². The number of aromatic amines is 1. The molecule has 0 saturated heterocycles. The van der Waals surface area contributed by atoms with Crippen LogP contribution in [0.25, 0.3) is 22.0 Å². The summed E-state index contributed by atoms with van der Waals surface area (Å²) < 4.78 is 6.62. The van der Waals surface area contributed by atoms with E-state index in [0.717, 1.165) is 20.9 Å². The lowest BCUT2D eigenvalue weighted by Gasteiger charge is -2.23. The van der Waals surface area contributed by atoms with E-state index in [9.17, 15) is 14.7 Å². The van der Waals surface area contributed by atoms with Crippen LogP contribution in [0.5, 0.6) is 0 Å². The number of pyridine rings is 1. The van der Waals surface area contributed by atoms with E-state index in [1.807, 2.05) is 31.2 Å². The fourth-order valence-corrected chi connectivity index (χ4v) is 4.77. The van der Waals surface area contributed by atoms with Crippen LogP contribution in [-0.4, -0.2) is 31.7 Å². The number of aromatic nitrogens is 3. The highest BCUT2D eigenvalue weighted by molar-refractivity contribution is 9.10. The van der Waals surface area contributed by atoms with E-state index in [1.165, 1.54) is 4.90 Å². The molecule has 1 unspecified atom stereocenters. The lowest BCUT2D eigenvalue weighted by atomic mass is 9.96. The Bertz CT molecular complexity index is 1690. The van der Waals surface area contributed by atoms with E-state index in [0.29, 0.717) is 16.7 Å². The number of H-pyrrole nitrogens is 1. The summed E-state index contributed by atoms with van der Waals surface area (Å²) in [6.07, 6.45) is 3.15. The molecule has 35 heavy (non-hydrogen) atoms. The average molecular weight is 529 g/mol. The van der Waals surface area contributed by atoms with Crippen LogP contribution < -0.4 is 4.90 Å². The highest BCUT2D eigenvalue weighted by Crippen LogP contribution is 2.41. The number of aliphatic hydroxyl groups is 1. The Balaban J connectivity index is 1.50. The van der Waals surface area contributed by atoms with Crippen molar-refractivity contribution < 1.29 is 19.1 Å². The van der Waals surface area contributed by atoms with Crippen molar-refractivity contribution in [1.82, 2.24) is 15.0 Å². The maximum Gasteiger partial charge on any atom is 0.296 e. The van der Waals surface area contributed by atoms with Crippen LogP contribution in [0.15, 0.2) is 87.2 Å². The molecule has 4 heterocycles. The quantitative estimate of drug-likeness (QED) is 0.295. The third-order valence-corrected chi connectivity index (χ3v) is 6.50. The lowest BCUT2D eigenvalue weighted by Crippen LogP contribution is -2.32. The summed E-state index contributed by atoms with van der Waals surface area (Å²) in [4.78, 5) is 40.2. The summed E-state index contributed by atoms with van der Waals surface area (Å²) in [6.45, 7) is 1.95. The van der Waals surface area contributed by atoms with Gasteiger partial charge in [-0.1, -0.05) is 28.1 Å². The lowest BCUT2D eigenvalue weighted by molar-refractivity contribution is -0.117. The van der Waals surface area contributed by atoms with E-state index in [2.05, 4.69) is 30.9 Å². The van der Waals surface area contributed by atoms with Crippen LogP contribution >= 0.6 is 15.9 Å². The fourth-order valence-electron chi connectivity index (χ4n) is 4.39. The van der Waals surface area contributed by atoms with Crippen LogP contribution in [0.1, 0.15) is 27.7 Å². The third-order valence-electron chi connectivity index (χ3n) is 6.01. The number of ketones is 1. The van der Waals surface area contributed by atoms with Crippen LogP contribution in [0.2, 0.25) is 0 Å². The molecule has 0 spiro atoms. The summed E-state index contributed by atoms with van der Waals surface area (Å²) in [5, 5.41) is 11.7. The van der Waals surface area contributed by atoms with Gasteiger partial charge in [-0.2, -0.15) is 0 Å². The molecule has 9 heteroatoms. The largest absolute Gasteiger partial charge is 0.503 e. The van der Waals surface area contributed by atoms with Crippen molar-refractivity contribution >= 4 is 55.6 Å². The number of hydrogen-bond acceptors (Lipinski definition) is 6. The summed E-state index contributed by atoms with van der Waals surface area (Å²) in [5.41, 5.74) is 3.38. The summed E-state index contributed by atoms with van der Waals surface area (Å²) in [7, 11) is 0. The number of fused-ring (bicyclic) bond motifs is 2. The van der Waals surface area contributed by atoms with Gasteiger partial charge in [-0.25, -0.2) is 4.98 Å². The first kappa shape index (κ1) is 21.3. The zero-order valence-corrected chi connectivity index (χ0v) is 19.9. The van der Waals surface area contributed by atoms with E-state index in [1.54, 1.807) is 42.7 Å². The minimum Gasteiger partial charge on any atom is -0.503 e. The van der Waals surface area contributed by atoms with E-state index >= 15 is 0 Å². The number of rotatable bonds is 4. The molecule has 8 nitrogen and oxygen atoms in total. The first-order valence-corrected chi connectivity index (χ1v) is 11.6. The number of nitrogens with one attached hydrogen (secondary N) is 1. The van der Waals surface area contributed by atoms with Crippen molar-refractivity contribution in [1.29, 1.82) is 0 Å². The molecule has 172 valence electrons. The molecular formula is C26H17BrN4O4. The van der Waals surface area contributed by atoms with Crippen molar-refractivity contribution in [3.8, 4) is 0 Å². The topological polar surface area (TPSA) is 112 Å². The molecular weight excluding hydrogens is 512 g/mol. The van der Waals surface area contributed by atoms with Crippen molar-refractivity contribution in [3.63, 3.8) is 0 Å². The van der Waals surface area contributed by atoms with Gasteiger partial charge in [0.1, 0.15) is 5.58 Å². The van der Waals surface area contributed by atoms with Crippen molar-refractivity contribution in [3.05, 3.63) is 99.7 Å². The van der Waals surface area contributed by atoms with Gasteiger partial charge in [0.2, 0.25) is 11.7 Å². The number of halogens is 1. The number of carbonyl (C=O) groups is 2. The molecule has 3 aromatic heterocycles. The first-order valence-electron chi connectivity index (χ1n) is 10.8. The predicted molar refractivity (Wildman–Crippen MR) is 133 cm³/mol. The van der Waals surface area contributed by atoms with Gasteiger partial charge in [-0.05, 0) is 60.5 Å². The molecule has 1 aliphatic rings. The van der Waals surface area contributed by atoms with E-state index < -0.39 is 23.5 Å². The van der Waals surface area contributed by atoms with Gasteiger partial charge < -0.3 is 14.5 Å². The Hall–Kier alpha value is -4.24. The minimum atomic E-state index is -0.953. The average Bonchev–Trinajstić information content (AvgIpc) is 3.53. The van der Waals surface area contributed by atoms with Crippen LogP contribution in [-0.2, 0) is 4.79 Å². The molecule has 0 fully saturated rings. The Labute approximate surface area is 207 Å². The molecule has 6 rings (SSSR count). The molecule has 0 saturated carbocycles. The van der Waals surface area contributed by atoms with Crippen molar-refractivity contribution in [2.24, 2.45) is 0 Å². The van der Waals surface area contributed by atoms with Gasteiger partial charge in [-0.15, -0.1) is 0 Å². The molecule has 1 atom stereocenters. The summed E-state index contributed by atoms with van der Waals surface area (Å²) in [6, 6.07) is 15.1. The number of Topliss-reactive ketones (excluding diaryl/α,β-unsaturated/α-hetero) is 1. The molecule has 5 aromatic rings. The number of carbonyl (C=O) groups excluding carboxylic acids is 2. The van der Waals surface area contributed by atoms with Crippen molar-refractivity contribution in [2.45, 2.75) is 13.0 Å². The van der Waals surface area contributed by atoms with Crippen LogP contribution in [0.3, 0.4) is 0 Å². The summed E-state index contributed by atoms with van der Waals surface area (Å²) in [5.74, 6) is -1.75. The highest BCUT2D eigenvalue weighted by Gasteiger charge is 2.46. The Morgan fingerprint density at radius 2 is 2.03 bits per heavy atom. The zero-order chi connectivity index (χ0) is 24.3. The maximum atomic E-state index is 13.7. The number of furan rings is 1. The minimum absolute atomic E-state index is 0.0171. The number of nitrogens with zero attached hydrogens (tertiary/aromatic N) is 3. The Morgan fingerprint density at radius 3 is 2.83 bits per heavy atom.